The van der Waals surface area contributed by atoms with Gasteiger partial charge in [-0.05, 0) is 31.0 Å². The number of halogens is 1. The van der Waals surface area contributed by atoms with Crippen LogP contribution in [0, 0.1) is 12.7 Å². The van der Waals surface area contributed by atoms with Crippen molar-refractivity contribution in [1.29, 1.82) is 0 Å². The Balaban J connectivity index is 1.65. The molecule has 0 atom stereocenters. The van der Waals surface area contributed by atoms with Crippen LogP contribution in [0.3, 0.4) is 0 Å². The third-order valence-corrected chi connectivity index (χ3v) is 4.07. The number of aromatic nitrogens is 4. The minimum atomic E-state index is -0.444. The van der Waals surface area contributed by atoms with E-state index >= 15 is 0 Å². The van der Waals surface area contributed by atoms with Crippen LogP contribution in [0.2, 0.25) is 0 Å². The number of hydrogen-bond donors (Lipinski definition) is 2. The van der Waals surface area contributed by atoms with E-state index in [9.17, 15) is 9.50 Å². The van der Waals surface area contributed by atoms with E-state index in [1.54, 1.807) is 10.6 Å². The van der Waals surface area contributed by atoms with Crippen molar-refractivity contribution in [3.8, 4) is 5.75 Å². The SMILES string of the molecule is Cc1nnc2c3ccccc3c(NCCc3cc(O)cc(F)c3)nn12. The van der Waals surface area contributed by atoms with E-state index in [0.717, 1.165) is 22.4 Å². The normalized spacial score (nSPS) is 11.3. The van der Waals surface area contributed by atoms with Crippen LogP contribution in [0.25, 0.3) is 16.4 Å². The van der Waals surface area contributed by atoms with Crippen LogP contribution >= 0.6 is 0 Å². The average molecular weight is 337 g/mol. The van der Waals surface area contributed by atoms with Crippen molar-refractivity contribution in [3.05, 3.63) is 59.7 Å². The summed E-state index contributed by atoms with van der Waals surface area (Å²) < 4.78 is 15.1. The number of anilines is 1. The van der Waals surface area contributed by atoms with E-state index < -0.39 is 5.82 Å². The number of nitrogens with zero attached hydrogens (tertiary/aromatic N) is 4. The first-order valence-electron chi connectivity index (χ1n) is 7.95. The van der Waals surface area contributed by atoms with Gasteiger partial charge in [-0.1, -0.05) is 24.3 Å². The summed E-state index contributed by atoms with van der Waals surface area (Å²) in [7, 11) is 0. The van der Waals surface area contributed by atoms with E-state index in [1.165, 1.54) is 6.07 Å². The first-order chi connectivity index (χ1) is 12.1. The van der Waals surface area contributed by atoms with Crippen LogP contribution in [-0.2, 0) is 6.42 Å². The van der Waals surface area contributed by atoms with Crippen molar-refractivity contribution in [3.63, 3.8) is 0 Å². The third-order valence-electron chi connectivity index (χ3n) is 4.07. The fraction of sp³-hybridized carbons (Fsp3) is 0.167. The maximum atomic E-state index is 13.4. The molecule has 7 heteroatoms. The quantitative estimate of drug-likeness (QED) is 0.598. The number of phenols is 1. The summed E-state index contributed by atoms with van der Waals surface area (Å²) in [5, 5.41) is 27.6. The Morgan fingerprint density at radius 2 is 1.92 bits per heavy atom. The number of hydrogen-bond acceptors (Lipinski definition) is 5. The van der Waals surface area contributed by atoms with Gasteiger partial charge in [0.15, 0.2) is 17.3 Å². The maximum Gasteiger partial charge on any atom is 0.185 e. The molecule has 25 heavy (non-hydrogen) atoms. The van der Waals surface area contributed by atoms with Gasteiger partial charge in [0.1, 0.15) is 11.6 Å². The molecule has 2 aromatic heterocycles. The molecule has 0 aliphatic heterocycles. The minimum Gasteiger partial charge on any atom is -0.508 e. The zero-order valence-electron chi connectivity index (χ0n) is 13.6. The Morgan fingerprint density at radius 3 is 2.72 bits per heavy atom. The predicted octanol–water partition coefficient (Wildman–Crippen LogP) is 3.09. The molecule has 0 fully saturated rings. The number of aromatic hydroxyl groups is 1. The van der Waals surface area contributed by atoms with Gasteiger partial charge < -0.3 is 10.4 Å². The fourth-order valence-electron chi connectivity index (χ4n) is 2.92. The summed E-state index contributed by atoms with van der Waals surface area (Å²) in [5.74, 6) is 0.908. The van der Waals surface area contributed by atoms with Gasteiger partial charge in [0.05, 0.1) is 0 Å². The average Bonchev–Trinajstić information content (AvgIpc) is 2.95. The molecule has 0 unspecified atom stereocenters. The molecule has 0 bridgehead atoms. The Morgan fingerprint density at radius 1 is 1.12 bits per heavy atom. The molecule has 0 spiro atoms. The molecule has 4 rings (SSSR count). The van der Waals surface area contributed by atoms with E-state index in [4.69, 9.17) is 0 Å². The standard InChI is InChI=1S/C18H16FN5O/c1-11-21-22-18-16-5-3-2-4-15(16)17(23-24(11)18)20-7-6-12-8-13(19)10-14(25)9-12/h2-5,8-10,25H,6-7H2,1H3,(H,20,23). The number of nitrogens with one attached hydrogen (secondary N) is 1. The lowest BCUT2D eigenvalue weighted by Gasteiger charge is -2.10. The zero-order valence-corrected chi connectivity index (χ0v) is 13.6. The van der Waals surface area contributed by atoms with Crippen LogP contribution in [0.15, 0.2) is 42.5 Å². The van der Waals surface area contributed by atoms with Gasteiger partial charge in [-0.25, -0.2) is 4.39 Å². The van der Waals surface area contributed by atoms with Crippen molar-refractivity contribution >= 4 is 22.2 Å². The van der Waals surface area contributed by atoms with Crippen molar-refractivity contribution in [2.45, 2.75) is 13.3 Å². The van der Waals surface area contributed by atoms with Crippen LogP contribution in [0.4, 0.5) is 10.2 Å². The second kappa shape index (κ2) is 6.01. The lowest BCUT2D eigenvalue weighted by Crippen LogP contribution is -2.09. The monoisotopic (exact) mass is 337 g/mol. The highest BCUT2D eigenvalue weighted by Crippen LogP contribution is 2.24. The maximum absolute atomic E-state index is 13.4. The lowest BCUT2D eigenvalue weighted by molar-refractivity contribution is 0.468. The Bertz CT molecular complexity index is 1060. The summed E-state index contributed by atoms with van der Waals surface area (Å²) in [6.07, 6.45) is 0.556. The summed E-state index contributed by atoms with van der Waals surface area (Å²) in [6, 6.07) is 11.9. The van der Waals surface area contributed by atoms with E-state index in [-0.39, 0.29) is 5.75 Å². The topological polar surface area (TPSA) is 75.3 Å². The van der Waals surface area contributed by atoms with Crippen LogP contribution in [0.5, 0.6) is 5.75 Å². The highest BCUT2D eigenvalue weighted by atomic mass is 19.1. The van der Waals surface area contributed by atoms with Gasteiger partial charge >= 0.3 is 0 Å². The Kier molecular flexibility index (Phi) is 3.68. The minimum absolute atomic E-state index is 0.0693. The smallest absolute Gasteiger partial charge is 0.185 e. The van der Waals surface area contributed by atoms with Gasteiger partial charge in [-0.3, -0.25) is 0 Å². The van der Waals surface area contributed by atoms with E-state index in [1.807, 2.05) is 31.2 Å². The summed E-state index contributed by atoms with van der Waals surface area (Å²) in [6.45, 7) is 2.40. The van der Waals surface area contributed by atoms with Gasteiger partial charge in [0.2, 0.25) is 0 Å². The molecule has 0 saturated heterocycles. The second-order valence-corrected chi connectivity index (χ2v) is 5.87. The van der Waals surface area contributed by atoms with Crippen molar-refractivity contribution < 1.29 is 9.50 Å². The first-order valence-corrected chi connectivity index (χ1v) is 7.95. The molecule has 4 aromatic rings. The van der Waals surface area contributed by atoms with Crippen LogP contribution in [0.1, 0.15) is 11.4 Å². The summed E-state index contributed by atoms with van der Waals surface area (Å²) in [4.78, 5) is 0. The fourth-order valence-corrected chi connectivity index (χ4v) is 2.92. The molecular weight excluding hydrogens is 321 g/mol. The molecule has 126 valence electrons. The van der Waals surface area contributed by atoms with E-state index in [0.29, 0.717) is 30.3 Å². The molecule has 2 N–H and O–H groups in total. The molecule has 0 saturated carbocycles. The van der Waals surface area contributed by atoms with Crippen molar-refractivity contribution in [1.82, 2.24) is 19.8 Å². The molecule has 6 nitrogen and oxygen atoms in total. The molecule has 0 radical (unpaired) electrons. The Hall–Kier alpha value is -3.22. The van der Waals surface area contributed by atoms with Gasteiger partial charge in [0.25, 0.3) is 0 Å². The van der Waals surface area contributed by atoms with Crippen LogP contribution in [-0.4, -0.2) is 31.5 Å². The first kappa shape index (κ1) is 15.3. The van der Waals surface area contributed by atoms with Gasteiger partial charge in [-0.2, -0.15) is 4.52 Å². The van der Waals surface area contributed by atoms with Crippen LogP contribution < -0.4 is 5.32 Å². The number of rotatable bonds is 4. The second-order valence-electron chi connectivity index (χ2n) is 5.87. The molecule has 0 aliphatic rings. The Labute approximate surface area is 142 Å². The summed E-state index contributed by atoms with van der Waals surface area (Å²) >= 11 is 0. The molecular formula is C18H16FN5O. The largest absolute Gasteiger partial charge is 0.508 e. The predicted molar refractivity (Wildman–Crippen MR) is 93.3 cm³/mol. The highest BCUT2D eigenvalue weighted by molar-refractivity contribution is 5.99. The molecule has 2 heterocycles. The molecule has 2 aromatic carbocycles. The zero-order chi connectivity index (χ0) is 17.4. The van der Waals surface area contributed by atoms with Gasteiger partial charge in [0, 0.05) is 23.4 Å². The number of phenolic OH excluding ortho intramolecular Hbond substituents is 1. The van der Waals surface area contributed by atoms with Crippen molar-refractivity contribution in [2.75, 3.05) is 11.9 Å². The number of fused-ring (bicyclic) bond motifs is 3. The van der Waals surface area contributed by atoms with Gasteiger partial charge in [-0.15, -0.1) is 15.3 Å². The highest BCUT2D eigenvalue weighted by Gasteiger charge is 2.11. The summed E-state index contributed by atoms with van der Waals surface area (Å²) in [5.41, 5.74) is 1.43. The van der Waals surface area contributed by atoms with E-state index in [2.05, 4.69) is 20.6 Å². The molecule has 0 aliphatic carbocycles. The van der Waals surface area contributed by atoms with Crippen molar-refractivity contribution in [2.24, 2.45) is 0 Å². The third kappa shape index (κ3) is 2.84. The number of benzene rings is 2. The molecule has 0 amide bonds. The lowest BCUT2D eigenvalue weighted by atomic mass is 10.1. The number of aryl methyl sites for hydroxylation is 1.